The lowest BCUT2D eigenvalue weighted by atomic mass is 10.2. The molecule has 4 nitrogen and oxygen atoms in total. The highest BCUT2D eigenvalue weighted by Crippen LogP contribution is 2.10. The summed E-state index contributed by atoms with van der Waals surface area (Å²) in [4.78, 5) is 3.57. The van der Waals surface area contributed by atoms with Gasteiger partial charge in [-0.05, 0) is 6.07 Å². The number of hydroxylamine groups is 1. The molecule has 0 aliphatic carbocycles. The normalized spacial score (nSPS) is 11.5. The van der Waals surface area contributed by atoms with Crippen molar-refractivity contribution in [2.45, 2.75) is 6.54 Å². The highest BCUT2D eigenvalue weighted by molar-refractivity contribution is 5.76. The molecule has 1 rings (SSSR count). The van der Waals surface area contributed by atoms with Gasteiger partial charge >= 0.3 is 0 Å². The summed E-state index contributed by atoms with van der Waals surface area (Å²) in [6.07, 6.45) is 0. The van der Waals surface area contributed by atoms with E-state index in [1.54, 1.807) is 5.48 Å². The van der Waals surface area contributed by atoms with Crippen molar-refractivity contribution in [1.82, 2.24) is 5.48 Å². The Balaban J connectivity index is 2.77. The van der Waals surface area contributed by atoms with Crippen molar-refractivity contribution in [3.8, 4) is 0 Å². The highest BCUT2D eigenvalue weighted by Gasteiger charge is 2.02. The summed E-state index contributed by atoms with van der Waals surface area (Å²) in [7, 11) is 0. The minimum Gasteiger partial charge on any atom is -0.368 e. The third-order valence-electron chi connectivity index (χ3n) is 1.55. The smallest absolute Gasteiger partial charge is 0.213 e. The van der Waals surface area contributed by atoms with Gasteiger partial charge in [0.25, 0.3) is 0 Å². The van der Waals surface area contributed by atoms with Crippen LogP contribution in [0, 0.1) is 11.6 Å². The second-order valence-electron chi connectivity index (χ2n) is 2.55. The number of nitrogens with two attached hydrogens (primary N) is 1. The molecule has 0 radical (unpaired) electrons. The van der Waals surface area contributed by atoms with Gasteiger partial charge in [-0.2, -0.15) is 0 Å². The first-order valence-corrected chi connectivity index (χ1v) is 3.77. The summed E-state index contributed by atoms with van der Waals surface area (Å²) < 4.78 is 25.4. The Morgan fingerprint density at radius 1 is 1.50 bits per heavy atom. The van der Waals surface area contributed by atoms with Gasteiger partial charge in [0.15, 0.2) is 0 Å². The number of benzene rings is 1. The molecule has 1 aromatic carbocycles. The van der Waals surface area contributed by atoms with Gasteiger partial charge in [-0.15, -0.1) is 0 Å². The molecule has 0 aliphatic rings. The average molecular weight is 201 g/mol. The number of halogens is 2. The number of aliphatic imine (C=N–C) groups is 1. The molecule has 0 amide bonds. The SMILES string of the molecule is NC(=NCc1ccc(F)cc1F)NO. The molecular weight excluding hydrogens is 192 g/mol. The van der Waals surface area contributed by atoms with E-state index in [-0.39, 0.29) is 18.1 Å². The summed E-state index contributed by atoms with van der Waals surface area (Å²) in [6.45, 7) is -0.0640. The Labute approximate surface area is 79.0 Å². The van der Waals surface area contributed by atoms with Crippen molar-refractivity contribution in [3.05, 3.63) is 35.4 Å². The fourth-order valence-electron chi connectivity index (χ4n) is 0.856. The summed E-state index contributed by atoms with van der Waals surface area (Å²) in [6, 6.07) is 3.14. The van der Waals surface area contributed by atoms with Crippen molar-refractivity contribution >= 4 is 5.96 Å². The predicted molar refractivity (Wildman–Crippen MR) is 46.6 cm³/mol. The molecule has 0 atom stereocenters. The Hall–Kier alpha value is -1.69. The van der Waals surface area contributed by atoms with Crippen molar-refractivity contribution in [2.24, 2.45) is 10.7 Å². The van der Waals surface area contributed by atoms with E-state index in [0.29, 0.717) is 0 Å². The molecule has 0 heterocycles. The largest absolute Gasteiger partial charge is 0.368 e. The van der Waals surface area contributed by atoms with E-state index in [1.165, 1.54) is 6.07 Å². The standard InChI is InChI=1S/C8H9F2N3O/c9-6-2-1-5(7(10)3-6)4-12-8(11)13-14/h1-3,14H,4H2,(H3,11,12,13). The summed E-state index contributed by atoms with van der Waals surface area (Å²) in [5.41, 5.74) is 6.89. The average Bonchev–Trinajstić information content (AvgIpc) is 2.16. The zero-order valence-electron chi connectivity index (χ0n) is 7.17. The van der Waals surface area contributed by atoms with E-state index in [4.69, 9.17) is 10.9 Å². The maximum Gasteiger partial charge on any atom is 0.213 e. The zero-order chi connectivity index (χ0) is 10.6. The zero-order valence-corrected chi connectivity index (χ0v) is 7.17. The molecule has 14 heavy (non-hydrogen) atoms. The van der Waals surface area contributed by atoms with Crippen molar-refractivity contribution in [1.29, 1.82) is 0 Å². The molecule has 0 unspecified atom stereocenters. The van der Waals surface area contributed by atoms with Crippen LogP contribution in [-0.2, 0) is 6.54 Å². The second kappa shape index (κ2) is 4.52. The van der Waals surface area contributed by atoms with Gasteiger partial charge in [-0.25, -0.2) is 19.3 Å². The summed E-state index contributed by atoms with van der Waals surface area (Å²) in [5, 5.41) is 8.27. The third kappa shape index (κ3) is 2.67. The predicted octanol–water partition coefficient (Wildman–Crippen LogP) is 0.758. The minimum atomic E-state index is -0.695. The van der Waals surface area contributed by atoms with E-state index in [0.717, 1.165) is 12.1 Å². The van der Waals surface area contributed by atoms with E-state index in [1.807, 2.05) is 0 Å². The molecular formula is C8H9F2N3O. The molecule has 4 N–H and O–H groups in total. The van der Waals surface area contributed by atoms with Crippen LogP contribution >= 0.6 is 0 Å². The maximum atomic E-state index is 13.0. The number of hydrogen-bond donors (Lipinski definition) is 3. The van der Waals surface area contributed by atoms with Crippen molar-refractivity contribution in [3.63, 3.8) is 0 Å². The van der Waals surface area contributed by atoms with Crippen LogP contribution in [0.4, 0.5) is 8.78 Å². The Morgan fingerprint density at radius 3 is 2.79 bits per heavy atom. The van der Waals surface area contributed by atoms with E-state index in [9.17, 15) is 8.78 Å². The Kier molecular flexibility index (Phi) is 3.35. The number of guanidine groups is 1. The lowest BCUT2D eigenvalue weighted by Gasteiger charge is -2.00. The lowest BCUT2D eigenvalue weighted by molar-refractivity contribution is 0.232. The van der Waals surface area contributed by atoms with E-state index in [2.05, 4.69) is 4.99 Å². The number of rotatable bonds is 2. The van der Waals surface area contributed by atoms with Crippen LogP contribution in [-0.4, -0.2) is 11.2 Å². The van der Waals surface area contributed by atoms with Crippen LogP contribution in [0.5, 0.6) is 0 Å². The van der Waals surface area contributed by atoms with Gasteiger partial charge in [0.2, 0.25) is 5.96 Å². The van der Waals surface area contributed by atoms with Crippen LogP contribution in [0.25, 0.3) is 0 Å². The fourth-order valence-corrected chi connectivity index (χ4v) is 0.856. The molecule has 0 bridgehead atoms. The van der Waals surface area contributed by atoms with Crippen molar-refractivity contribution < 1.29 is 14.0 Å². The van der Waals surface area contributed by atoms with Crippen LogP contribution in [0.3, 0.4) is 0 Å². The van der Waals surface area contributed by atoms with Gasteiger partial charge in [0.1, 0.15) is 11.6 Å². The monoisotopic (exact) mass is 201 g/mol. The molecule has 0 aromatic heterocycles. The Morgan fingerprint density at radius 2 is 2.21 bits per heavy atom. The first-order chi connectivity index (χ1) is 6.63. The first kappa shape index (κ1) is 10.4. The topological polar surface area (TPSA) is 70.6 Å². The third-order valence-corrected chi connectivity index (χ3v) is 1.55. The van der Waals surface area contributed by atoms with Crippen LogP contribution in [0.1, 0.15) is 5.56 Å². The molecule has 0 spiro atoms. The molecule has 0 saturated heterocycles. The number of hydrogen-bond acceptors (Lipinski definition) is 2. The van der Waals surface area contributed by atoms with Gasteiger partial charge in [-0.3, -0.25) is 5.21 Å². The number of nitrogens with one attached hydrogen (secondary N) is 1. The lowest BCUT2D eigenvalue weighted by Crippen LogP contribution is -2.28. The van der Waals surface area contributed by atoms with Gasteiger partial charge in [-0.1, -0.05) is 6.07 Å². The molecule has 6 heteroatoms. The Bertz CT molecular complexity index is 354. The molecule has 0 fully saturated rings. The van der Waals surface area contributed by atoms with Gasteiger partial charge < -0.3 is 5.73 Å². The number of nitrogens with zero attached hydrogens (tertiary/aromatic N) is 1. The molecule has 0 aliphatic heterocycles. The minimum absolute atomic E-state index is 0.0640. The second-order valence-corrected chi connectivity index (χ2v) is 2.55. The molecule has 76 valence electrons. The molecule has 0 saturated carbocycles. The van der Waals surface area contributed by atoms with Gasteiger partial charge in [0, 0.05) is 11.6 Å². The highest BCUT2D eigenvalue weighted by atomic mass is 19.1. The first-order valence-electron chi connectivity index (χ1n) is 3.77. The molecule has 1 aromatic rings. The van der Waals surface area contributed by atoms with Crippen LogP contribution < -0.4 is 11.2 Å². The van der Waals surface area contributed by atoms with Crippen molar-refractivity contribution in [2.75, 3.05) is 0 Å². The van der Waals surface area contributed by atoms with E-state index < -0.39 is 11.6 Å². The van der Waals surface area contributed by atoms with E-state index >= 15 is 0 Å². The fraction of sp³-hybridized carbons (Fsp3) is 0.125. The van der Waals surface area contributed by atoms with Gasteiger partial charge in [0.05, 0.1) is 6.54 Å². The van der Waals surface area contributed by atoms with Crippen LogP contribution in [0.2, 0.25) is 0 Å². The quantitative estimate of drug-likeness (QED) is 0.376. The van der Waals surface area contributed by atoms with Crippen LogP contribution in [0.15, 0.2) is 23.2 Å². The summed E-state index contributed by atoms with van der Waals surface area (Å²) >= 11 is 0. The maximum absolute atomic E-state index is 13.0. The summed E-state index contributed by atoms with van der Waals surface area (Å²) in [5.74, 6) is -1.57.